The highest BCUT2D eigenvalue weighted by Crippen LogP contribution is 2.24. The van der Waals surface area contributed by atoms with Gasteiger partial charge in [-0.1, -0.05) is 6.92 Å². The van der Waals surface area contributed by atoms with E-state index in [2.05, 4.69) is 28.1 Å². The lowest BCUT2D eigenvalue weighted by molar-refractivity contribution is -0.0872. The van der Waals surface area contributed by atoms with Crippen LogP contribution in [0, 0.1) is 0 Å². The molecular formula is C20H33N5O2. The summed E-state index contributed by atoms with van der Waals surface area (Å²) in [7, 11) is 0. The van der Waals surface area contributed by atoms with Gasteiger partial charge in [0.15, 0.2) is 0 Å². The van der Waals surface area contributed by atoms with E-state index in [1.165, 1.54) is 12.8 Å². The van der Waals surface area contributed by atoms with Crippen LogP contribution in [0.2, 0.25) is 0 Å². The number of anilines is 2. The van der Waals surface area contributed by atoms with Gasteiger partial charge in [0.05, 0.1) is 25.9 Å². The van der Waals surface area contributed by atoms with Gasteiger partial charge in [0, 0.05) is 50.5 Å². The summed E-state index contributed by atoms with van der Waals surface area (Å²) in [6.45, 7) is 9.48. The summed E-state index contributed by atoms with van der Waals surface area (Å²) in [5.74, 6) is 2.03. The van der Waals surface area contributed by atoms with Crippen LogP contribution >= 0.6 is 0 Å². The molecule has 3 saturated heterocycles. The Bertz CT molecular complexity index is 594. The lowest BCUT2D eigenvalue weighted by atomic mass is 10.0. The molecule has 3 aliphatic heterocycles. The molecule has 1 N–H and O–H groups in total. The number of aryl methyl sites for hydroxylation is 1. The molecule has 0 spiro atoms. The maximum atomic E-state index is 5.73. The van der Waals surface area contributed by atoms with Crippen molar-refractivity contribution in [2.75, 3.05) is 62.3 Å². The van der Waals surface area contributed by atoms with Crippen molar-refractivity contribution in [3.63, 3.8) is 0 Å². The first-order valence-corrected chi connectivity index (χ1v) is 10.6. The fraction of sp³-hybridized carbons (Fsp3) is 0.800. The van der Waals surface area contributed by atoms with Crippen LogP contribution < -0.4 is 15.1 Å². The van der Waals surface area contributed by atoms with Crippen LogP contribution in [0.25, 0.3) is 0 Å². The zero-order chi connectivity index (χ0) is 18.5. The molecule has 0 aliphatic carbocycles. The largest absolute Gasteiger partial charge is 0.376 e. The zero-order valence-electron chi connectivity index (χ0n) is 16.5. The molecule has 1 unspecified atom stereocenters. The summed E-state index contributed by atoms with van der Waals surface area (Å²) in [5.41, 5.74) is 1.15. The highest BCUT2D eigenvalue weighted by Gasteiger charge is 2.24. The molecule has 7 nitrogen and oxygen atoms in total. The molecule has 150 valence electrons. The van der Waals surface area contributed by atoms with Crippen LogP contribution in [-0.4, -0.2) is 74.7 Å². The van der Waals surface area contributed by atoms with Crippen LogP contribution in [0.4, 0.5) is 11.8 Å². The molecule has 0 aromatic carbocycles. The molecule has 1 aromatic heterocycles. The Morgan fingerprint density at radius 2 is 1.89 bits per heavy atom. The minimum Gasteiger partial charge on any atom is -0.376 e. The van der Waals surface area contributed by atoms with Crippen molar-refractivity contribution in [2.45, 2.75) is 51.2 Å². The van der Waals surface area contributed by atoms with Crippen molar-refractivity contribution in [2.24, 2.45) is 0 Å². The van der Waals surface area contributed by atoms with Crippen molar-refractivity contribution in [3.8, 4) is 0 Å². The average molecular weight is 376 g/mol. The Hall–Kier alpha value is -1.44. The van der Waals surface area contributed by atoms with Gasteiger partial charge < -0.3 is 24.6 Å². The second kappa shape index (κ2) is 9.17. The van der Waals surface area contributed by atoms with Gasteiger partial charge in [-0.15, -0.1) is 0 Å². The van der Waals surface area contributed by atoms with E-state index >= 15 is 0 Å². The van der Waals surface area contributed by atoms with Crippen molar-refractivity contribution in [1.29, 1.82) is 0 Å². The van der Waals surface area contributed by atoms with Crippen LogP contribution in [0.3, 0.4) is 0 Å². The molecule has 7 heteroatoms. The molecule has 0 radical (unpaired) electrons. The molecule has 3 fully saturated rings. The lowest BCUT2D eigenvalue weighted by Crippen LogP contribution is -2.47. The fourth-order valence-corrected chi connectivity index (χ4v) is 4.14. The second-order valence-electron chi connectivity index (χ2n) is 7.80. The summed E-state index contributed by atoms with van der Waals surface area (Å²) in [6.07, 6.45) is 5.94. The lowest BCUT2D eigenvalue weighted by Gasteiger charge is -2.34. The van der Waals surface area contributed by atoms with Gasteiger partial charge in [0.2, 0.25) is 5.95 Å². The normalized spacial score (nSPS) is 24.6. The topological polar surface area (TPSA) is 62.8 Å². The number of hydrogen-bond acceptors (Lipinski definition) is 7. The Labute approximate surface area is 162 Å². The first kappa shape index (κ1) is 18.9. The van der Waals surface area contributed by atoms with Gasteiger partial charge >= 0.3 is 0 Å². The van der Waals surface area contributed by atoms with E-state index in [0.717, 1.165) is 82.7 Å². The maximum absolute atomic E-state index is 5.73. The summed E-state index contributed by atoms with van der Waals surface area (Å²) >= 11 is 0. The summed E-state index contributed by atoms with van der Waals surface area (Å²) in [4.78, 5) is 14.5. The van der Waals surface area contributed by atoms with E-state index in [9.17, 15) is 0 Å². The highest BCUT2D eigenvalue weighted by atomic mass is 16.6. The predicted octanol–water partition coefficient (Wildman–Crippen LogP) is 1.61. The van der Waals surface area contributed by atoms with Crippen molar-refractivity contribution >= 4 is 11.8 Å². The molecule has 4 heterocycles. The van der Waals surface area contributed by atoms with E-state index in [4.69, 9.17) is 19.4 Å². The van der Waals surface area contributed by atoms with E-state index < -0.39 is 0 Å². The van der Waals surface area contributed by atoms with E-state index in [-0.39, 0.29) is 6.10 Å². The quantitative estimate of drug-likeness (QED) is 0.810. The third-order valence-corrected chi connectivity index (χ3v) is 5.84. The second-order valence-corrected chi connectivity index (χ2v) is 7.80. The molecule has 4 rings (SSSR count). The monoisotopic (exact) mass is 375 g/mol. The molecule has 3 aliphatic rings. The number of hydrogen-bond donors (Lipinski definition) is 1. The average Bonchev–Trinajstić information content (AvgIpc) is 3.28. The Morgan fingerprint density at radius 1 is 1.07 bits per heavy atom. The number of piperidine rings is 1. The summed E-state index contributed by atoms with van der Waals surface area (Å²) < 4.78 is 11.2. The molecule has 27 heavy (non-hydrogen) atoms. The smallest absolute Gasteiger partial charge is 0.227 e. The van der Waals surface area contributed by atoms with Crippen LogP contribution in [-0.2, 0) is 15.9 Å². The molecule has 1 aromatic rings. The molecule has 0 bridgehead atoms. The number of nitrogens with zero attached hydrogens (tertiary/aromatic N) is 4. The fourth-order valence-electron chi connectivity index (χ4n) is 4.14. The predicted molar refractivity (Wildman–Crippen MR) is 107 cm³/mol. The number of nitrogens with one attached hydrogen (secondary N) is 1. The Balaban J connectivity index is 1.32. The third-order valence-electron chi connectivity index (χ3n) is 5.84. The SMILES string of the molecule is CCc1cc(N2CCC(NCC3COCCO3)CC2)nc(N2CCCC2)n1. The van der Waals surface area contributed by atoms with E-state index in [1.807, 2.05) is 0 Å². The van der Waals surface area contributed by atoms with Gasteiger partial charge in [-0.25, -0.2) is 4.98 Å². The third kappa shape index (κ3) is 4.89. The van der Waals surface area contributed by atoms with Gasteiger partial charge in [0.25, 0.3) is 0 Å². The minimum absolute atomic E-state index is 0.203. The molecule has 0 saturated carbocycles. The standard InChI is InChI=1S/C20H33N5O2/c1-2-16-13-19(23-20(22-16)25-7-3-4-8-25)24-9-5-17(6-10-24)21-14-18-15-26-11-12-27-18/h13,17-18,21H,2-12,14-15H2,1H3. The van der Waals surface area contributed by atoms with Crippen molar-refractivity contribution in [1.82, 2.24) is 15.3 Å². The van der Waals surface area contributed by atoms with Crippen LogP contribution in [0.1, 0.15) is 38.3 Å². The van der Waals surface area contributed by atoms with Crippen LogP contribution in [0.15, 0.2) is 6.07 Å². The number of rotatable bonds is 6. The van der Waals surface area contributed by atoms with Gasteiger partial charge in [-0.2, -0.15) is 4.98 Å². The summed E-state index contributed by atoms with van der Waals surface area (Å²) in [5, 5.41) is 3.67. The molecule has 1 atom stereocenters. The van der Waals surface area contributed by atoms with Gasteiger partial charge in [-0.3, -0.25) is 0 Å². The van der Waals surface area contributed by atoms with E-state index in [0.29, 0.717) is 12.6 Å². The van der Waals surface area contributed by atoms with Crippen molar-refractivity contribution in [3.05, 3.63) is 11.8 Å². The number of ether oxygens (including phenoxy) is 2. The van der Waals surface area contributed by atoms with Crippen LogP contribution in [0.5, 0.6) is 0 Å². The van der Waals surface area contributed by atoms with Crippen molar-refractivity contribution < 1.29 is 9.47 Å². The van der Waals surface area contributed by atoms with Gasteiger partial charge in [-0.05, 0) is 32.1 Å². The molecule has 0 amide bonds. The summed E-state index contributed by atoms with van der Waals surface area (Å²) in [6, 6.07) is 2.73. The first-order valence-electron chi connectivity index (χ1n) is 10.6. The number of aromatic nitrogens is 2. The Kier molecular flexibility index (Phi) is 6.42. The first-order chi connectivity index (χ1) is 13.3. The Morgan fingerprint density at radius 3 is 2.59 bits per heavy atom. The zero-order valence-corrected chi connectivity index (χ0v) is 16.5. The van der Waals surface area contributed by atoms with E-state index in [1.54, 1.807) is 0 Å². The minimum atomic E-state index is 0.203. The highest BCUT2D eigenvalue weighted by molar-refractivity contribution is 5.47. The molecular weight excluding hydrogens is 342 g/mol. The van der Waals surface area contributed by atoms with Gasteiger partial charge in [0.1, 0.15) is 5.82 Å². The maximum Gasteiger partial charge on any atom is 0.227 e.